The molecule has 0 aliphatic carbocycles. The van der Waals surface area contributed by atoms with Crippen molar-refractivity contribution in [3.8, 4) is 0 Å². The number of rotatable bonds is 9. The molecule has 0 aromatic heterocycles. The van der Waals surface area contributed by atoms with Crippen LogP contribution in [0.3, 0.4) is 0 Å². The van der Waals surface area contributed by atoms with Gasteiger partial charge in [0.25, 0.3) is 0 Å². The van der Waals surface area contributed by atoms with Crippen LogP contribution >= 0.6 is 0 Å². The Balaban J connectivity index is 2.20. The van der Waals surface area contributed by atoms with Gasteiger partial charge in [0.15, 0.2) is 0 Å². The van der Waals surface area contributed by atoms with Gasteiger partial charge in [0.1, 0.15) is 5.82 Å². The van der Waals surface area contributed by atoms with Gasteiger partial charge in [-0.2, -0.15) is 0 Å². The number of benzene rings is 1. The van der Waals surface area contributed by atoms with Crippen LogP contribution in [-0.2, 0) is 0 Å². The molecular formula is C18H31FN2. The second-order valence-corrected chi connectivity index (χ2v) is 6.62. The first kappa shape index (κ1) is 18.0. The maximum atomic E-state index is 13.8. The summed E-state index contributed by atoms with van der Waals surface area (Å²) < 4.78 is 13.8. The fourth-order valence-electron chi connectivity index (χ4n) is 2.40. The number of halogens is 1. The molecule has 0 atom stereocenters. The Morgan fingerprint density at radius 1 is 1.05 bits per heavy atom. The third-order valence-corrected chi connectivity index (χ3v) is 3.58. The predicted octanol–water partition coefficient (Wildman–Crippen LogP) is 4.60. The second-order valence-electron chi connectivity index (χ2n) is 6.62. The number of nitrogens with zero attached hydrogens (tertiary/aromatic N) is 1. The summed E-state index contributed by atoms with van der Waals surface area (Å²) in [4.78, 5) is 2.13. The van der Waals surface area contributed by atoms with Crippen LogP contribution in [0.1, 0.15) is 53.4 Å². The van der Waals surface area contributed by atoms with E-state index in [0.717, 1.165) is 31.7 Å². The monoisotopic (exact) mass is 294 g/mol. The average molecular weight is 294 g/mol. The van der Waals surface area contributed by atoms with E-state index in [1.807, 2.05) is 12.1 Å². The lowest BCUT2D eigenvalue weighted by Crippen LogP contribution is -2.36. The molecular weight excluding hydrogens is 263 g/mol. The first-order chi connectivity index (χ1) is 9.94. The summed E-state index contributed by atoms with van der Waals surface area (Å²) >= 11 is 0. The van der Waals surface area contributed by atoms with Crippen LogP contribution in [0, 0.1) is 5.82 Å². The smallest absolute Gasteiger partial charge is 0.146 e. The molecule has 0 spiro atoms. The van der Waals surface area contributed by atoms with E-state index in [4.69, 9.17) is 0 Å². The van der Waals surface area contributed by atoms with Crippen LogP contribution in [-0.4, -0.2) is 25.2 Å². The summed E-state index contributed by atoms with van der Waals surface area (Å²) in [6.45, 7) is 11.5. The minimum absolute atomic E-state index is 0.117. The lowest BCUT2D eigenvalue weighted by atomic mass is 10.1. The predicted molar refractivity (Wildman–Crippen MR) is 90.5 cm³/mol. The molecule has 21 heavy (non-hydrogen) atoms. The van der Waals surface area contributed by atoms with Gasteiger partial charge >= 0.3 is 0 Å². The van der Waals surface area contributed by atoms with Crippen molar-refractivity contribution in [2.45, 2.75) is 58.9 Å². The van der Waals surface area contributed by atoms with E-state index >= 15 is 0 Å². The second kappa shape index (κ2) is 9.04. The molecule has 1 rings (SSSR count). The molecule has 0 heterocycles. The van der Waals surface area contributed by atoms with Gasteiger partial charge in [-0.25, -0.2) is 4.39 Å². The van der Waals surface area contributed by atoms with Gasteiger partial charge in [0.2, 0.25) is 0 Å². The SMILES string of the molecule is CCN(CCCCCCNC(C)(C)C)c1ccccc1F. The van der Waals surface area contributed by atoms with Crippen LogP contribution in [0.4, 0.5) is 10.1 Å². The summed E-state index contributed by atoms with van der Waals surface area (Å²) in [5, 5.41) is 3.51. The maximum Gasteiger partial charge on any atom is 0.146 e. The quantitative estimate of drug-likeness (QED) is 0.670. The molecule has 0 aliphatic heterocycles. The summed E-state index contributed by atoms with van der Waals surface area (Å²) in [6, 6.07) is 7.05. The molecule has 0 unspecified atom stereocenters. The normalized spacial score (nSPS) is 11.7. The van der Waals surface area contributed by atoms with Crippen LogP contribution in [0.5, 0.6) is 0 Å². The van der Waals surface area contributed by atoms with Crippen molar-refractivity contribution in [3.63, 3.8) is 0 Å². The van der Waals surface area contributed by atoms with Crippen molar-refractivity contribution in [2.75, 3.05) is 24.5 Å². The molecule has 0 radical (unpaired) electrons. The minimum atomic E-state index is -0.117. The van der Waals surface area contributed by atoms with Crippen LogP contribution in [0.25, 0.3) is 0 Å². The molecule has 1 aromatic carbocycles. The van der Waals surface area contributed by atoms with E-state index in [2.05, 4.69) is 37.9 Å². The van der Waals surface area contributed by atoms with Gasteiger partial charge in [-0.15, -0.1) is 0 Å². The fourth-order valence-corrected chi connectivity index (χ4v) is 2.40. The molecule has 2 nitrogen and oxygen atoms in total. The third-order valence-electron chi connectivity index (χ3n) is 3.58. The maximum absolute atomic E-state index is 13.8. The van der Waals surface area contributed by atoms with Crippen LogP contribution in [0.15, 0.2) is 24.3 Å². The van der Waals surface area contributed by atoms with Crippen molar-refractivity contribution in [1.29, 1.82) is 0 Å². The van der Waals surface area contributed by atoms with Gasteiger partial charge in [-0.1, -0.05) is 25.0 Å². The molecule has 120 valence electrons. The molecule has 0 amide bonds. The fraction of sp³-hybridized carbons (Fsp3) is 0.667. The highest BCUT2D eigenvalue weighted by molar-refractivity contribution is 5.47. The molecule has 0 fully saturated rings. The Hall–Kier alpha value is -1.09. The van der Waals surface area contributed by atoms with E-state index in [9.17, 15) is 4.39 Å². The van der Waals surface area contributed by atoms with Gasteiger partial charge in [0.05, 0.1) is 5.69 Å². The summed E-state index contributed by atoms with van der Waals surface area (Å²) in [7, 11) is 0. The molecule has 0 aliphatic rings. The summed E-state index contributed by atoms with van der Waals surface area (Å²) in [5.74, 6) is -0.117. The van der Waals surface area contributed by atoms with Gasteiger partial charge in [-0.3, -0.25) is 0 Å². The van der Waals surface area contributed by atoms with Gasteiger partial charge < -0.3 is 10.2 Å². The Morgan fingerprint density at radius 3 is 2.33 bits per heavy atom. The Labute approximate surface area is 129 Å². The van der Waals surface area contributed by atoms with E-state index in [-0.39, 0.29) is 11.4 Å². The molecule has 1 aromatic rings. The summed E-state index contributed by atoms with van der Waals surface area (Å²) in [5.41, 5.74) is 0.943. The number of unbranched alkanes of at least 4 members (excludes halogenated alkanes) is 3. The van der Waals surface area contributed by atoms with E-state index < -0.39 is 0 Å². The first-order valence-corrected chi connectivity index (χ1v) is 8.18. The largest absolute Gasteiger partial charge is 0.369 e. The van der Waals surface area contributed by atoms with E-state index in [1.54, 1.807) is 6.07 Å². The van der Waals surface area contributed by atoms with Crippen molar-refractivity contribution < 1.29 is 4.39 Å². The first-order valence-electron chi connectivity index (χ1n) is 8.18. The van der Waals surface area contributed by atoms with Crippen molar-refractivity contribution >= 4 is 5.69 Å². The van der Waals surface area contributed by atoms with Crippen molar-refractivity contribution in [3.05, 3.63) is 30.1 Å². The molecule has 1 N–H and O–H groups in total. The third kappa shape index (κ3) is 7.47. The molecule has 3 heteroatoms. The van der Waals surface area contributed by atoms with Crippen LogP contribution < -0.4 is 10.2 Å². The average Bonchev–Trinajstić information content (AvgIpc) is 2.42. The number of hydrogen-bond acceptors (Lipinski definition) is 2. The van der Waals surface area contributed by atoms with Gasteiger partial charge in [-0.05, 0) is 59.2 Å². The van der Waals surface area contributed by atoms with Crippen LogP contribution in [0.2, 0.25) is 0 Å². The lowest BCUT2D eigenvalue weighted by molar-refractivity contribution is 0.416. The van der Waals surface area contributed by atoms with Crippen molar-refractivity contribution in [1.82, 2.24) is 5.32 Å². The Kier molecular flexibility index (Phi) is 7.73. The molecule has 0 saturated heterocycles. The zero-order valence-corrected chi connectivity index (χ0v) is 14.1. The number of nitrogens with one attached hydrogen (secondary N) is 1. The highest BCUT2D eigenvalue weighted by atomic mass is 19.1. The molecule has 0 saturated carbocycles. The van der Waals surface area contributed by atoms with E-state index in [1.165, 1.54) is 25.3 Å². The standard InChI is InChI=1S/C18H31FN2/c1-5-21(17-13-9-8-12-16(17)19)15-11-7-6-10-14-20-18(2,3)4/h8-9,12-13,20H,5-7,10-11,14-15H2,1-4H3. The number of anilines is 1. The van der Waals surface area contributed by atoms with Crippen molar-refractivity contribution in [2.24, 2.45) is 0 Å². The minimum Gasteiger partial charge on any atom is -0.369 e. The van der Waals surface area contributed by atoms with Gasteiger partial charge in [0, 0.05) is 18.6 Å². The highest BCUT2D eigenvalue weighted by Gasteiger charge is 2.09. The molecule has 0 bridgehead atoms. The van der Waals surface area contributed by atoms with E-state index in [0.29, 0.717) is 0 Å². The zero-order valence-electron chi connectivity index (χ0n) is 14.1. The summed E-state index contributed by atoms with van der Waals surface area (Å²) in [6.07, 6.45) is 4.77. The topological polar surface area (TPSA) is 15.3 Å². The highest BCUT2D eigenvalue weighted by Crippen LogP contribution is 2.19. The zero-order chi connectivity index (χ0) is 15.7. The Morgan fingerprint density at radius 2 is 1.71 bits per heavy atom. The number of para-hydroxylation sites is 1. The number of hydrogen-bond donors (Lipinski definition) is 1. The lowest BCUT2D eigenvalue weighted by Gasteiger charge is -2.23. The Bertz CT molecular complexity index is 398.